The number of carbonyl (C=O) groups is 3. The van der Waals surface area contributed by atoms with Crippen molar-refractivity contribution in [3.05, 3.63) is 24.1 Å². The average molecular weight is 240 g/mol. The fourth-order valence-electron chi connectivity index (χ4n) is 0.700. The van der Waals surface area contributed by atoms with Crippen molar-refractivity contribution in [2.75, 3.05) is 6.61 Å². The molecule has 6 nitrogen and oxygen atoms in total. The SMILES string of the molecule is C=C=C=CC(=O)OOC(=O)CCC(=O)OCC. The molecule has 0 aromatic rings. The van der Waals surface area contributed by atoms with Gasteiger partial charge in [-0.25, -0.2) is 19.4 Å². The molecule has 92 valence electrons. The van der Waals surface area contributed by atoms with Crippen LogP contribution in [0.25, 0.3) is 0 Å². The monoisotopic (exact) mass is 240 g/mol. The quantitative estimate of drug-likeness (QED) is 0.233. The molecule has 0 spiro atoms. The molecule has 0 aliphatic rings. The standard InChI is InChI=1S/C11H12O6/c1-3-5-6-10(13)16-17-11(14)8-7-9(12)15-4-2/h6H,1,4,7-8H2,2H3. The van der Waals surface area contributed by atoms with E-state index < -0.39 is 17.9 Å². The molecule has 17 heavy (non-hydrogen) atoms. The predicted molar refractivity (Wildman–Crippen MR) is 55.3 cm³/mol. The molecule has 0 amide bonds. The summed E-state index contributed by atoms with van der Waals surface area (Å²) in [6.07, 6.45) is 0.491. The van der Waals surface area contributed by atoms with Crippen molar-refractivity contribution in [2.24, 2.45) is 0 Å². The predicted octanol–water partition coefficient (Wildman–Crippen LogP) is 0.827. The number of ether oxygens (including phenoxy) is 1. The first-order chi connectivity index (χ1) is 8.10. The van der Waals surface area contributed by atoms with Crippen LogP contribution in [0.3, 0.4) is 0 Å². The number of hydrogen-bond acceptors (Lipinski definition) is 6. The van der Waals surface area contributed by atoms with Crippen LogP contribution in [-0.4, -0.2) is 24.5 Å². The Hall–Kier alpha value is -2.29. The van der Waals surface area contributed by atoms with Crippen molar-refractivity contribution in [1.29, 1.82) is 0 Å². The van der Waals surface area contributed by atoms with E-state index in [1.807, 2.05) is 0 Å². The van der Waals surface area contributed by atoms with Crippen LogP contribution in [0.15, 0.2) is 24.1 Å². The van der Waals surface area contributed by atoms with Crippen LogP contribution in [0, 0.1) is 0 Å². The summed E-state index contributed by atoms with van der Waals surface area (Å²) in [7, 11) is 0. The molecule has 0 saturated heterocycles. The second-order valence-corrected chi connectivity index (χ2v) is 2.63. The van der Waals surface area contributed by atoms with Crippen molar-refractivity contribution in [1.82, 2.24) is 0 Å². The molecule has 0 radical (unpaired) electrons. The number of carbonyl (C=O) groups excluding carboxylic acids is 3. The lowest BCUT2D eigenvalue weighted by molar-refractivity contribution is -0.255. The number of hydrogen-bond donors (Lipinski definition) is 0. The highest BCUT2D eigenvalue weighted by Crippen LogP contribution is 1.96. The van der Waals surface area contributed by atoms with Gasteiger partial charge in [-0.3, -0.25) is 4.79 Å². The summed E-state index contributed by atoms with van der Waals surface area (Å²) in [5, 5.41) is 0. The van der Waals surface area contributed by atoms with Gasteiger partial charge in [0.05, 0.1) is 25.5 Å². The lowest BCUT2D eigenvalue weighted by atomic mass is 10.3. The summed E-state index contributed by atoms with van der Waals surface area (Å²) < 4.78 is 4.59. The fraction of sp³-hybridized carbons (Fsp3) is 0.364. The lowest BCUT2D eigenvalue weighted by Gasteiger charge is -2.01. The number of rotatable bonds is 5. The highest BCUT2D eigenvalue weighted by Gasteiger charge is 2.11. The Morgan fingerprint density at radius 1 is 1.18 bits per heavy atom. The summed E-state index contributed by atoms with van der Waals surface area (Å²) in [6.45, 7) is 5.05. The third-order valence-corrected chi connectivity index (χ3v) is 1.35. The second kappa shape index (κ2) is 8.97. The Labute approximate surface area is 98.1 Å². The van der Waals surface area contributed by atoms with E-state index in [1.165, 1.54) is 0 Å². The zero-order chi connectivity index (χ0) is 13.1. The Kier molecular flexibility index (Phi) is 7.76. The zero-order valence-electron chi connectivity index (χ0n) is 9.36. The van der Waals surface area contributed by atoms with E-state index >= 15 is 0 Å². The summed E-state index contributed by atoms with van der Waals surface area (Å²) in [6, 6.07) is 0. The molecule has 0 atom stereocenters. The molecular formula is C11H12O6. The molecule has 0 unspecified atom stereocenters. The molecule has 0 heterocycles. The lowest BCUT2D eigenvalue weighted by Crippen LogP contribution is -2.12. The zero-order valence-corrected chi connectivity index (χ0v) is 9.36. The second-order valence-electron chi connectivity index (χ2n) is 2.63. The molecule has 6 heteroatoms. The molecule has 0 fully saturated rings. The molecule has 0 aromatic heterocycles. The van der Waals surface area contributed by atoms with Crippen LogP contribution in [0.5, 0.6) is 0 Å². The van der Waals surface area contributed by atoms with Crippen LogP contribution in [0.1, 0.15) is 19.8 Å². The summed E-state index contributed by atoms with van der Waals surface area (Å²) in [4.78, 5) is 40.8. The van der Waals surface area contributed by atoms with Crippen molar-refractivity contribution in [3.8, 4) is 0 Å². The van der Waals surface area contributed by atoms with Gasteiger partial charge in [0.25, 0.3) is 0 Å². The van der Waals surface area contributed by atoms with Gasteiger partial charge in [0.2, 0.25) is 0 Å². The van der Waals surface area contributed by atoms with Gasteiger partial charge in [-0.2, -0.15) is 0 Å². The first kappa shape index (κ1) is 14.7. The van der Waals surface area contributed by atoms with Gasteiger partial charge in [-0.15, -0.1) is 0 Å². The first-order valence-corrected chi connectivity index (χ1v) is 4.78. The Balaban J connectivity index is 3.80. The molecule has 0 aliphatic heterocycles. The Morgan fingerprint density at radius 3 is 2.41 bits per heavy atom. The highest BCUT2D eigenvalue weighted by molar-refractivity contribution is 5.82. The summed E-state index contributed by atoms with van der Waals surface area (Å²) in [5.74, 6) is -2.29. The fourth-order valence-corrected chi connectivity index (χ4v) is 0.700. The molecule has 0 bridgehead atoms. The maximum atomic E-state index is 11.0. The molecule has 0 aliphatic carbocycles. The van der Waals surface area contributed by atoms with Crippen LogP contribution in [0.4, 0.5) is 0 Å². The molecule has 0 saturated carbocycles. The Bertz CT molecular complexity index is 371. The molecule has 0 rings (SSSR count). The minimum atomic E-state index is -0.925. The van der Waals surface area contributed by atoms with Gasteiger partial charge in [0.15, 0.2) is 0 Å². The van der Waals surface area contributed by atoms with E-state index in [2.05, 4.69) is 32.6 Å². The van der Waals surface area contributed by atoms with Crippen molar-refractivity contribution in [3.63, 3.8) is 0 Å². The van der Waals surface area contributed by atoms with Crippen LogP contribution >= 0.6 is 0 Å². The van der Waals surface area contributed by atoms with E-state index in [0.29, 0.717) is 0 Å². The van der Waals surface area contributed by atoms with Crippen LogP contribution in [0.2, 0.25) is 0 Å². The largest absolute Gasteiger partial charge is 0.466 e. The molecule has 0 aromatic carbocycles. The average Bonchev–Trinajstić information content (AvgIpc) is 2.31. The maximum absolute atomic E-state index is 11.0. The summed E-state index contributed by atoms with van der Waals surface area (Å²) in [5.41, 5.74) is 4.39. The number of esters is 1. The molecular weight excluding hydrogens is 228 g/mol. The maximum Gasteiger partial charge on any atom is 0.387 e. The minimum absolute atomic E-state index is 0.132. The third-order valence-electron chi connectivity index (χ3n) is 1.35. The van der Waals surface area contributed by atoms with Gasteiger partial charge < -0.3 is 4.74 Å². The van der Waals surface area contributed by atoms with E-state index in [1.54, 1.807) is 6.92 Å². The minimum Gasteiger partial charge on any atom is -0.466 e. The van der Waals surface area contributed by atoms with Crippen molar-refractivity contribution in [2.45, 2.75) is 19.8 Å². The third kappa shape index (κ3) is 8.69. The van der Waals surface area contributed by atoms with Gasteiger partial charge in [0.1, 0.15) is 0 Å². The van der Waals surface area contributed by atoms with Gasteiger partial charge in [-0.05, 0) is 13.5 Å². The topological polar surface area (TPSA) is 78.9 Å². The van der Waals surface area contributed by atoms with E-state index in [4.69, 9.17) is 0 Å². The van der Waals surface area contributed by atoms with Crippen LogP contribution in [-0.2, 0) is 28.9 Å². The van der Waals surface area contributed by atoms with Gasteiger partial charge >= 0.3 is 17.9 Å². The Morgan fingerprint density at radius 2 is 1.82 bits per heavy atom. The summed E-state index contributed by atoms with van der Waals surface area (Å²) >= 11 is 0. The molecule has 0 N–H and O–H groups in total. The van der Waals surface area contributed by atoms with Crippen molar-refractivity contribution >= 4 is 17.9 Å². The smallest absolute Gasteiger partial charge is 0.387 e. The van der Waals surface area contributed by atoms with E-state index in [9.17, 15) is 14.4 Å². The highest BCUT2D eigenvalue weighted by atomic mass is 17.2. The van der Waals surface area contributed by atoms with Crippen LogP contribution < -0.4 is 0 Å². The van der Waals surface area contributed by atoms with E-state index in [-0.39, 0.29) is 19.4 Å². The van der Waals surface area contributed by atoms with E-state index in [0.717, 1.165) is 6.08 Å². The first-order valence-electron chi connectivity index (χ1n) is 4.78. The van der Waals surface area contributed by atoms with Crippen molar-refractivity contribution < 1.29 is 28.9 Å². The van der Waals surface area contributed by atoms with Gasteiger partial charge in [0, 0.05) is 0 Å². The van der Waals surface area contributed by atoms with Gasteiger partial charge in [-0.1, -0.05) is 11.5 Å². The normalized spacial score (nSPS) is 8.29.